The van der Waals surface area contributed by atoms with Gasteiger partial charge in [-0.15, -0.1) is 0 Å². The molecule has 2 rings (SSSR count). The van der Waals surface area contributed by atoms with Gasteiger partial charge in [0.25, 0.3) is 0 Å². The van der Waals surface area contributed by atoms with Crippen LogP contribution >= 0.6 is 0 Å². The highest BCUT2D eigenvalue weighted by Crippen LogP contribution is 2.24. The number of aryl methyl sites for hydroxylation is 2. The summed E-state index contributed by atoms with van der Waals surface area (Å²) in [7, 11) is 1.93. The van der Waals surface area contributed by atoms with Gasteiger partial charge < -0.3 is 10.4 Å². The number of aliphatic hydroxyl groups is 1. The Kier molecular flexibility index (Phi) is 5.62. The fourth-order valence-corrected chi connectivity index (χ4v) is 3.45. The molecule has 5 heteroatoms. The molecule has 1 aliphatic rings. The number of aromatic nitrogens is 2. The molecular weight excluding hydrogens is 278 g/mol. The lowest BCUT2D eigenvalue weighted by Crippen LogP contribution is -2.45. The smallest absolute Gasteiger partial charge is 0.223 e. The Morgan fingerprint density at radius 1 is 1.41 bits per heavy atom. The number of nitrogens with zero attached hydrogens (tertiary/aromatic N) is 2. The van der Waals surface area contributed by atoms with Crippen LogP contribution in [-0.2, 0) is 18.3 Å². The number of rotatable bonds is 5. The molecule has 1 fully saturated rings. The summed E-state index contributed by atoms with van der Waals surface area (Å²) in [4.78, 5) is 12.5. The highest BCUT2D eigenvalue weighted by atomic mass is 16.3. The van der Waals surface area contributed by atoms with Gasteiger partial charge in [0.2, 0.25) is 5.91 Å². The molecule has 1 saturated carbocycles. The number of nitrogens with one attached hydrogen (secondary N) is 1. The molecule has 0 bridgehead atoms. The van der Waals surface area contributed by atoms with Gasteiger partial charge in [0, 0.05) is 37.2 Å². The molecule has 1 heterocycles. The summed E-state index contributed by atoms with van der Waals surface area (Å²) in [5, 5.41) is 17.0. The molecule has 3 unspecified atom stereocenters. The third kappa shape index (κ3) is 3.69. The summed E-state index contributed by atoms with van der Waals surface area (Å²) in [5.41, 5.74) is 3.31. The van der Waals surface area contributed by atoms with Gasteiger partial charge in [0.1, 0.15) is 0 Å². The molecule has 1 aromatic rings. The number of amides is 1. The Labute approximate surface area is 133 Å². The van der Waals surface area contributed by atoms with E-state index in [1.165, 1.54) is 5.56 Å². The van der Waals surface area contributed by atoms with E-state index in [9.17, 15) is 9.90 Å². The molecule has 3 atom stereocenters. The van der Waals surface area contributed by atoms with Gasteiger partial charge in [-0.2, -0.15) is 5.10 Å². The first-order valence-corrected chi connectivity index (χ1v) is 8.34. The molecule has 0 aliphatic heterocycles. The minimum atomic E-state index is -0.0807. The van der Waals surface area contributed by atoms with E-state index in [1.807, 2.05) is 32.5 Å². The first-order valence-electron chi connectivity index (χ1n) is 8.34. The Morgan fingerprint density at radius 3 is 2.68 bits per heavy atom. The molecule has 22 heavy (non-hydrogen) atoms. The molecule has 0 spiro atoms. The first-order chi connectivity index (χ1) is 10.4. The Bertz CT molecular complexity index is 524. The maximum Gasteiger partial charge on any atom is 0.223 e. The molecule has 2 N–H and O–H groups in total. The van der Waals surface area contributed by atoms with Gasteiger partial charge in [-0.3, -0.25) is 9.48 Å². The average molecular weight is 307 g/mol. The monoisotopic (exact) mass is 307 g/mol. The van der Waals surface area contributed by atoms with Crippen LogP contribution in [0.4, 0.5) is 0 Å². The number of hydrogen-bond acceptors (Lipinski definition) is 3. The highest BCUT2D eigenvalue weighted by molar-refractivity contribution is 5.79. The molecular formula is C17H29N3O2. The van der Waals surface area contributed by atoms with Crippen LogP contribution in [0.25, 0.3) is 0 Å². The van der Waals surface area contributed by atoms with Gasteiger partial charge >= 0.3 is 0 Å². The summed E-state index contributed by atoms with van der Waals surface area (Å²) in [5.74, 6) is 0.225. The maximum absolute atomic E-state index is 12.5. The van der Waals surface area contributed by atoms with E-state index < -0.39 is 0 Å². The molecule has 0 saturated heterocycles. The van der Waals surface area contributed by atoms with Crippen molar-refractivity contribution in [2.75, 3.05) is 6.61 Å². The van der Waals surface area contributed by atoms with E-state index in [-0.39, 0.29) is 30.4 Å². The van der Waals surface area contributed by atoms with E-state index in [0.29, 0.717) is 6.42 Å². The summed E-state index contributed by atoms with van der Waals surface area (Å²) in [6.07, 6.45) is 5.00. The first kappa shape index (κ1) is 17.0. The molecule has 0 aromatic carbocycles. The number of carbonyl (C=O) groups is 1. The minimum absolute atomic E-state index is 0.0807. The lowest BCUT2D eigenvalue weighted by molar-refractivity contribution is -0.126. The number of aliphatic hydroxyl groups excluding tert-OH is 1. The SMILES string of the molecule is Cc1nn(C)c(C)c1CC(C)C(=O)NC1CCCCC1CO. The predicted molar refractivity (Wildman–Crippen MR) is 86.5 cm³/mol. The van der Waals surface area contributed by atoms with Gasteiger partial charge in [0.05, 0.1) is 5.69 Å². The van der Waals surface area contributed by atoms with Crippen molar-refractivity contribution < 1.29 is 9.90 Å². The second-order valence-electron chi connectivity index (χ2n) is 6.72. The third-order valence-electron chi connectivity index (χ3n) is 5.09. The van der Waals surface area contributed by atoms with E-state index in [1.54, 1.807) is 0 Å². The quantitative estimate of drug-likeness (QED) is 0.873. The fourth-order valence-electron chi connectivity index (χ4n) is 3.45. The zero-order chi connectivity index (χ0) is 16.3. The van der Waals surface area contributed by atoms with Crippen LogP contribution in [0.5, 0.6) is 0 Å². The lowest BCUT2D eigenvalue weighted by Gasteiger charge is -2.31. The summed E-state index contributed by atoms with van der Waals surface area (Å²) in [6.45, 7) is 6.18. The fraction of sp³-hybridized carbons (Fsp3) is 0.765. The second-order valence-corrected chi connectivity index (χ2v) is 6.72. The number of carbonyl (C=O) groups excluding carboxylic acids is 1. The van der Waals surface area contributed by atoms with Gasteiger partial charge in [0.15, 0.2) is 0 Å². The van der Waals surface area contributed by atoms with Crippen molar-refractivity contribution in [3.8, 4) is 0 Å². The van der Waals surface area contributed by atoms with Crippen molar-refractivity contribution in [2.45, 2.75) is 58.9 Å². The third-order valence-corrected chi connectivity index (χ3v) is 5.09. The zero-order valence-corrected chi connectivity index (χ0v) is 14.2. The average Bonchev–Trinajstić information content (AvgIpc) is 2.74. The summed E-state index contributed by atoms with van der Waals surface area (Å²) in [6, 6.07) is 0.129. The molecule has 1 aliphatic carbocycles. The van der Waals surface area contributed by atoms with Gasteiger partial charge in [-0.1, -0.05) is 19.8 Å². The standard InChI is InChI=1S/C17H29N3O2/c1-11(9-15-12(2)19-20(4)13(15)3)17(22)18-16-8-6-5-7-14(16)10-21/h11,14,16,21H,5-10H2,1-4H3,(H,18,22). The van der Waals surface area contributed by atoms with Crippen LogP contribution in [-0.4, -0.2) is 33.4 Å². The van der Waals surface area contributed by atoms with Crippen LogP contribution in [0.3, 0.4) is 0 Å². The Morgan fingerprint density at radius 2 is 2.09 bits per heavy atom. The molecule has 1 amide bonds. The molecule has 124 valence electrons. The lowest BCUT2D eigenvalue weighted by atomic mass is 9.84. The van der Waals surface area contributed by atoms with Crippen molar-refractivity contribution in [3.05, 3.63) is 17.0 Å². The highest BCUT2D eigenvalue weighted by Gasteiger charge is 2.27. The van der Waals surface area contributed by atoms with Crippen LogP contribution in [0.2, 0.25) is 0 Å². The minimum Gasteiger partial charge on any atom is -0.396 e. The Balaban J connectivity index is 1.97. The van der Waals surface area contributed by atoms with E-state index >= 15 is 0 Å². The maximum atomic E-state index is 12.5. The van der Waals surface area contributed by atoms with Crippen LogP contribution in [0.1, 0.15) is 49.6 Å². The predicted octanol–water partition coefficient (Wildman–Crippen LogP) is 1.88. The Hall–Kier alpha value is -1.36. The van der Waals surface area contributed by atoms with Crippen molar-refractivity contribution in [2.24, 2.45) is 18.9 Å². The molecule has 0 radical (unpaired) electrons. The van der Waals surface area contributed by atoms with Crippen LogP contribution < -0.4 is 5.32 Å². The molecule has 5 nitrogen and oxygen atoms in total. The van der Waals surface area contributed by atoms with Gasteiger partial charge in [-0.05, 0) is 38.7 Å². The molecule has 1 aromatic heterocycles. The van der Waals surface area contributed by atoms with Crippen molar-refractivity contribution in [1.82, 2.24) is 15.1 Å². The number of hydrogen-bond donors (Lipinski definition) is 2. The van der Waals surface area contributed by atoms with Crippen LogP contribution in [0, 0.1) is 25.7 Å². The normalized spacial score (nSPS) is 23.3. The topological polar surface area (TPSA) is 67.2 Å². The van der Waals surface area contributed by atoms with E-state index in [2.05, 4.69) is 10.4 Å². The second kappa shape index (κ2) is 7.27. The van der Waals surface area contributed by atoms with E-state index in [4.69, 9.17) is 0 Å². The van der Waals surface area contributed by atoms with Gasteiger partial charge in [-0.25, -0.2) is 0 Å². The van der Waals surface area contributed by atoms with Crippen molar-refractivity contribution in [3.63, 3.8) is 0 Å². The zero-order valence-electron chi connectivity index (χ0n) is 14.2. The van der Waals surface area contributed by atoms with Crippen molar-refractivity contribution in [1.29, 1.82) is 0 Å². The van der Waals surface area contributed by atoms with E-state index in [0.717, 1.165) is 37.1 Å². The van der Waals surface area contributed by atoms with Crippen LogP contribution in [0.15, 0.2) is 0 Å². The largest absolute Gasteiger partial charge is 0.396 e. The summed E-state index contributed by atoms with van der Waals surface area (Å²) < 4.78 is 1.87. The summed E-state index contributed by atoms with van der Waals surface area (Å²) >= 11 is 0. The van der Waals surface area contributed by atoms with Crippen molar-refractivity contribution >= 4 is 5.91 Å².